The summed E-state index contributed by atoms with van der Waals surface area (Å²) in [5.74, 6) is -1.58. The molecule has 1 aliphatic rings. The van der Waals surface area contributed by atoms with Gasteiger partial charge in [-0.2, -0.15) is 4.39 Å². The van der Waals surface area contributed by atoms with Gasteiger partial charge in [0, 0.05) is 18.6 Å². The van der Waals surface area contributed by atoms with E-state index in [4.69, 9.17) is 6.57 Å². The van der Waals surface area contributed by atoms with Gasteiger partial charge in [0.1, 0.15) is 0 Å². The van der Waals surface area contributed by atoms with Gasteiger partial charge in [0.25, 0.3) is 0 Å². The van der Waals surface area contributed by atoms with Crippen LogP contribution < -0.4 is 0 Å². The summed E-state index contributed by atoms with van der Waals surface area (Å²) >= 11 is 0. The molecule has 1 fully saturated rings. The summed E-state index contributed by atoms with van der Waals surface area (Å²) in [5, 5.41) is 0. The molecule has 0 saturated carbocycles. The smallest absolute Gasteiger partial charge is 0.298 e. The summed E-state index contributed by atoms with van der Waals surface area (Å²) in [4.78, 5) is 5.28. The van der Waals surface area contributed by atoms with Gasteiger partial charge in [-0.1, -0.05) is 0 Å². The van der Waals surface area contributed by atoms with E-state index < -0.39 is 5.79 Å². The molecule has 0 spiro atoms. The van der Waals surface area contributed by atoms with Gasteiger partial charge in [0.15, 0.2) is 0 Å². The van der Waals surface area contributed by atoms with E-state index in [1.54, 1.807) is 0 Å². The Labute approximate surface area is 79.5 Å². The summed E-state index contributed by atoms with van der Waals surface area (Å²) in [6, 6.07) is 0. The number of nitrogens with zero attached hydrogens (tertiary/aromatic N) is 2. The second-order valence-electron chi connectivity index (χ2n) is 4.69. The highest BCUT2D eigenvalue weighted by molar-refractivity contribution is 4.95. The average Bonchev–Trinajstić information content (AvgIpc) is 2.04. The second-order valence-corrected chi connectivity index (χ2v) is 4.69. The topological polar surface area (TPSA) is 7.60 Å². The molecule has 2 nitrogen and oxygen atoms in total. The van der Waals surface area contributed by atoms with Crippen LogP contribution in [0.4, 0.5) is 4.39 Å². The first-order valence-electron chi connectivity index (χ1n) is 4.70. The molecule has 0 N–H and O–H groups in total. The van der Waals surface area contributed by atoms with Crippen LogP contribution in [0.5, 0.6) is 0 Å². The van der Waals surface area contributed by atoms with E-state index in [0.717, 1.165) is 0 Å². The summed E-state index contributed by atoms with van der Waals surface area (Å²) in [6.07, 6.45) is 0.710. The molecule has 0 unspecified atom stereocenters. The molecular weight excluding hydrogens is 167 g/mol. The predicted molar refractivity (Wildman–Crippen MR) is 51.0 cm³/mol. The van der Waals surface area contributed by atoms with Crippen LogP contribution in [0.3, 0.4) is 0 Å². The quantitative estimate of drug-likeness (QED) is 0.414. The van der Waals surface area contributed by atoms with Crippen molar-refractivity contribution in [2.24, 2.45) is 0 Å². The number of alkyl halides is 1. The number of likely N-dealkylation sites (tertiary alicyclic amines) is 1. The standard InChI is InChI=1S/C10H17FN2/c1-9(2,3)13-7-5-10(11,12-4)6-8-13/h5-8H2,1-3H3. The normalized spacial score (nSPS) is 23.9. The largest absolute Gasteiger partial charge is 0.373 e. The predicted octanol–water partition coefficient (Wildman–Crippen LogP) is 2.47. The van der Waals surface area contributed by atoms with Crippen LogP contribution >= 0.6 is 0 Å². The van der Waals surface area contributed by atoms with Crippen molar-refractivity contribution in [1.29, 1.82) is 0 Å². The van der Waals surface area contributed by atoms with E-state index in [1.165, 1.54) is 0 Å². The van der Waals surface area contributed by atoms with Gasteiger partial charge in [0.05, 0.1) is 12.8 Å². The first-order valence-corrected chi connectivity index (χ1v) is 4.70. The molecule has 0 radical (unpaired) electrons. The third kappa shape index (κ3) is 2.41. The van der Waals surface area contributed by atoms with Crippen molar-refractivity contribution in [3.63, 3.8) is 0 Å². The zero-order valence-electron chi connectivity index (χ0n) is 8.60. The maximum atomic E-state index is 13.5. The fourth-order valence-electron chi connectivity index (χ4n) is 1.63. The van der Waals surface area contributed by atoms with Gasteiger partial charge in [-0.3, -0.25) is 9.74 Å². The molecule has 0 aliphatic carbocycles. The molecule has 0 aromatic heterocycles. The van der Waals surface area contributed by atoms with Crippen molar-refractivity contribution in [2.75, 3.05) is 13.1 Å². The minimum Gasteiger partial charge on any atom is -0.298 e. The molecule has 1 saturated heterocycles. The van der Waals surface area contributed by atoms with E-state index in [9.17, 15) is 4.39 Å². The zero-order chi connectivity index (χ0) is 10.1. The van der Waals surface area contributed by atoms with Crippen LogP contribution in [0.1, 0.15) is 33.6 Å². The van der Waals surface area contributed by atoms with E-state index >= 15 is 0 Å². The Kier molecular flexibility index (Phi) is 2.63. The fraction of sp³-hybridized carbons (Fsp3) is 0.900. The second kappa shape index (κ2) is 3.26. The molecule has 0 atom stereocenters. The van der Waals surface area contributed by atoms with Crippen molar-refractivity contribution in [3.8, 4) is 0 Å². The first-order chi connectivity index (χ1) is 5.87. The fourth-order valence-corrected chi connectivity index (χ4v) is 1.63. The Morgan fingerprint density at radius 2 is 1.77 bits per heavy atom. The van der Waals surface area contributed by atoms with E-state index in [0.29, 0.717) is 25.9 Å². The van der Waals surface area contributed by atoms with Crippen LogP contribution in [-0.2, 0) is 0 Å². The van der Waals surface area contributed by atoms with Gasteiger partial charge in [0.2, 0.25) is 0 Å². The van der Waals surface area contributed by atoms with Crippen molar-refractivity contribution >= 4 is 0 Å². The highest BCUT2D eigenvalue weighted by Gasteiger charge is 2.42. The molecule has 1 aliphatic heterocycles. The van der Waals surface area contributed by atoms with Crippen LogP contribution in [0.25, 0.3) is 4.85 Å². The average molecular weight is 184 g/mol. The van der Waals surface area contributed by atoms with Crippen LogP contribution in [0, 0.1) is 6.57 Å². The lowest BCUT2D eigenvalue weighted by Gasteiger charge is -2.39. The number of hydrogen-bond acceptors (Lipinski definition) is 1. The van der Waals surface area contributed by atoms with Crippen LogP contribution in [-0.4, -0.2) is 29.3 Å². The van der Waals surface area contributed by atoms with Gasteiger partial charge in [-0.25, -0.2) is 6.57 Å². The molecule has 13 heavy (non-hydrogen) atoms. The third-order valence-corrected chi connectivity index (χ3v) is 2.68. The highest BCUT2D eigenvalue weighted by Crippen LogP contribution is 2.30. The van der Waals surface area contributed by atoms with Crippen molar-refractivity contribution in [3.05, 3.63) is 11.4 Å². The molecule has 1 rings (SSSR count). The number of piperidine rings is 1. The minimum atomic E-state index is -1.58. The molecule has 74 valence electrons. The molecule has 0 aromatic carbocycles. The molecule has 1 heterocycles. The monoisotopic (exact) mass is 184 g/mol. The maximum absolute atomic E-state index is 13.5. The lowest BCUT2D eigenvalue weighted by Crippen LogP contribution is -2.49. The highest BCUT2D eigenvalue weighted by atomic mass is 19.1. The Hall–Kier alpha value is -0.620. The number of rotatable bonds is 0. The lowest BCUT2D eigenvalue weighted by molar-refractivity contribution is 0.0415. The summed E-state index contributed by atoms with van der Waals surface area (Å²) in [6.45, 7) is 14.5. The van der Waals surface area contributed by atoms with E-state index in [1.807, 2.05) is 0 Å². The van der Waals surface area contributed by atoms with Gasteiger partial charge >= 0.3 is 5.79 Å². The number of halogens is 1. The zero-order valence-corrected chi connectivity index (χ0v) is 8.60. The summed E-state index contributed by atoms with van der Waals surface area (Å²) < 4.78 is 13.5. The molecule has 0 bridgehead atoms. The van der Waals surface area contributed by atoms with Crippen LogP contribution in [0.15, 0.2) is 0 Å². The van der Waals surface area contributed by atoms with Crippen molar-refractivity contribution in [2.45, 2.75) is 44.9 Å². The first kappa shape index (κ1) is 10.5. The summed E-state index contributed by atoms with van der Waals surface area (Å²) in [5.41, 5.74) is 0.101. The Bertz CT molecular complexity index is 216. The van der Waals surface area contributed by atoms with E-state index in [-0.39, 0.29) is 5.54 Å². The van der Waals surface area contributed by atoms with Crippen molar-refractivity contribution < 1.29 is 4.39 Å². The SMILES string of the molecule is [C-]#[N+]C1(F)CCN(C(C)(C)C)CC1. The summed E-state index contributed by atoms with van der Waals surface area (Å²) in [7, 11) is 0. The maximum Gasteiger partial charge on any atom is 0.373 e. The third-order valence-electron chi connectivity index (χ3n) is 2.68. The molecular formula is C10H17FN2. The van der Waals surface area contributed by atoms with Crippen LogP contribution in [0.2, 0.25) is 0 Å². The van der Waals surface area contributed by atoms with Gasteiger partial charge < -0.3 is 0 Å². The van der Waals surface area contributed by atoms with E-state index in [2.05, 4.69) is 30.5 Å². The van der Waals surface area contributed by atoms with Gasteiger partial charge in [-0.15, -0.1) is 0 Å². The number of hydrogen-bond donors (Lipinski definition) is 0. The Morgan fingerprint density at radius 3 is 2.08 bits per heavy atom. The lowest BCUT2D eigenvalue weighted by atomic mass is 9.97. The molecule has 0 aromatic rings. The molecule has 0 amide bonds. The molecule has 3 heteroatoms. The minimum absolute atomic E-state index is 0.101. The Morgan fingerprint density at radius 1 is 1.31 bits per heavy atom. The van der Waals surface area contributed by atoms with Gasteiger partial charge in [-0.05, 0) is 20.8 Å². The Balaban J connectivity index is 2.54. The van der Waals surface area contributed by atoms with Crippen molar-refractivity contribution in [1.82, 2.24) is 4.90 Å².